The molecule has 0 radical (unpaired) electrons. The van der Waals surface area contributed by atoms with Gasteiger partial charge in [0, 0.05) is 0 Å². The van der Waals surface area contributed by atoms with Crippen molar-refractivity contribution in [3.05, 3.63) is 0 Å². The first kappa shape index (κ1) is 28.0. The van der Waals surface area contributed by atoms with E-state index in [9.17, 15) is 52.7 Å². The zero-order valence-electron chi connectivity index (χ0n) is 10.3. The first-order chi connectivity index (χ1) is 10.0. The third-order valence-corrected chi connectivity index (χ3v) is 1.24. The summed E-state index contributed by atoms with van der Waals surface area (Å²) in [5.41, 5.74) is 0. The van der Waals surface area contributed by atoms with Gasteiger partial charge in [0.25, 0.3) is 11.4 Å². The quantitative estimate of drug-likeness (QED) is 0.358. The summed E-state index contributed by atoms with van der Waals surface area (Å²) in [6.07, 6.45) is -31.0. The third-order valence-electron chi connectivity index (χ3n) is 1.24. The molecule has 4 N–H and O–H groups in total. The molecule has 0 saturated heterocycles. The number of alkyl halides is 12. The van der Waals surface area contributed by atoms with Gasteiger partial charge in [0.2, 0.25) is 12.2 Å². The standard InChI is InChI=1S/2C3H2F6O.H2O3S/c2*4-2(5,6)1(10)3(7,8)9;1-4(2)3/h2*1,10H;(H2,1,2,3). The Balaban J connectivity index is -0.000000301. The van der Waals surface area contributed by atoms with Gasteiger partial charge in [-0.3, -0.25) is 9.11 Å². The van der Waals surface area contributed by atoms with Crippen LogP contribution in [0.1, 0.15) is 0 Å². The predicted octanol–water partition coefficient (Wildman–Crippen LogP) is 2.62. The minimum absolute atomic E-state index is 2.61. The van der Waals surface area contributed by atoms with Gasteiger partial charge in [-0.15, -0.1) is 0 Å². The average Bonchev–Trinajstić information content (AvgIpc) is 2.22. The molecule has 0 heterocycles. The van der Waals surface area contributed by atoms with Gasteiger partial charge >= 0.3 is 24.7 Å². The second-order valence-corrected chi connectivity index (χ2v) is 3.66. The van der Waals surface area contributed by atoms with E-state index < -0.39 is 48.3 Å². The van der Waals surface area contributed by atoms with Crippen molar-refractivity contribution in [3.8, 4) is 0 Å². The molecule has 0 bridgehead atoms. The Kier molecular flexibility index (Phi) is 11.2. The van der Waals surface area contributed by atoms with Gasteiger partial charge in [0.05, 0.1) is 0 Å². The lowest BCUT2D eigenvalue weighted by Crippen LogP contribution is -2.41. The molecule has 0 aliphatic rings. The van der Waals surface area contributed by atoms with Gasteiger partial charge in [-0.1, -0.05) is 0 Å². The van der Waals surface area contributed by atoms with Crippen molar-refractivity contribution < 1.29 is 76.2 Å². The van der Waals surface area contributed by atoms with Gasteiger partial charge < -0.3 is 10.2 Å². The van der Waals surface area contributed by atoms with Crippen LogP contribution in [0.3, 0.4) is 0 Å². The Hall–Kier alpha value is -0.850. The molecule has 0 fully saturated rings. The molecule has 18 heteroatoms. The maximum absolute atomic E-state index is 11.0. The predicted molar refractivity (Wildman–Crippen MR) is 49.6 cm³/mol. The fourth-order valence-corrected chi connectivity index (χ4v) is 0.371. The van der Waals surface area contributed by atoms with Crippen LogP contribution >= 0.6 is 0 Å². The summed E-state index contributed by atoms with van der Waals surface area (Å²) in [5.74, 6) is 0. The Bertz CT molecular complexity index is 308. The molecule has 24 heavy (non-hydrogen) atoms. The van der Waals surface area contributed by atoms with E-state index in [1.165, 1.54) is 0 Å². The summed E-state index contributed by atoms with van der Waals surface area (Å²) >= 11 is -2.61. The molecule has 0 aromatic carbocycles. The van der Waals surface area contributed by atoms with Crippen LogP contribution in [-0.2, 0) is 11.4 Å². The SMILES string of the molecule is O=S(O)O.OC(C(F)(F)F)C(F)(F)F.OC(C(F)(F)F)C(F)(F)F. The van der Waals surface area contributed by atoms with Crippen LogP contribution in [0.25, 0.3) is 0 Å². The Morgan fingerprint density at radius 3 is 0.625 bits per heavy atom. The van der Waals surface area contributed by atoms with Crippen LogP contribution < -0.4 is 0 Å². The number of hydrogen-bond acceptors (Lipinski definition) is 3. The fraction of sp³-hybridized carbons (Fsp3) is 1.00. The monoisotopic (exact) mass is 418 g/mol. The first-order valence-corrected chi connectivity index (χ1v) is 5.53. The minimum Gasteiger partial charge on any atom is -0.377 e. The summed E-state index contributed by atoms with van der Waals surface area (Å²) in [5, 5.41) is 14.9. The van der Waals surface area contributed by atoms with Crippen molar-refractivity contribution in [3.63, 3.8) is 0 Å². The summed E-state index contributed by atoms with van der Waals surface area (Å²) in [7, 11) is 0. The van der Waals surface area contributed by atoms with Crippen molar-refractivity contribution >= 4 is 11.4 Å². The van der Waals surface area contributed by atoms with E-state index in [4.69, 9.17) is 23.5 Å². The molecule has 0 saturated carbocycles. The summed E-state index contributed by atoms with van der Waals surface area (Å²) < 4.78 is 155. The molecular weight excluding hydrogens is 412 g/mol. The highest BCUT2D eigenvalue weighted by Gasteiger charge is 2.56. The Morgan fingerprint density at radius 1 is 0.542 bits per heavy atom. The van der Waals surface area contributed by atoms with E-state index in [-0.39, 0.29) is 0 Å². The molecule has 150 valence electrons. The zero-order valence-corrected chi connectivity index (χ0v) is 11.1. The highest BCUT2D eigenvalue weighted by Crippen LogP contribution is 2.33. The molecule has 0 atom stereocenters. The van der Waals surface area contributed by atoms with Crippen molar-refractivity contribution in [1.82, 2.24) is 0 Å². The Morgan fingerprint density at radius 2 is 0.625 bits per heavy atom. The summed E-state index contributed by atoms with van der Waals surface area (Å²) in [4.78, 5) is 0. The molecule has 0 unspecified atom stereocenters. The average molecular weight is 418 g/mol. The molecular formula is C6H6F12O5S. The van der Waals surface area contributed by atoms with Gasteiger partial charge in [-0.05, 0) is 0 Å². The van der Waals surface area contributed by atoms with Crippen molar-refractivity contribution in [1.29, 1.82) is 0 Å². The van der Waals surface area contributed by atoms with Crippen LogP contribution in [0.2, 0.25) is 0 Å². The normalized spacial score (nSPS) is 13.5. The maximum atomic E-state index is 11.0. The molecule has 0 aromatic heterocycles. The van der Waals surface area contributed by atoms with Crippen molar-refractivity contribution in [2.45, 2.75) is 36.9 Å². The topological polar surface area (TPSA) is 98.0 Å². The summed E-state index contributed by atoms with van der Waals surface area (Å²) in [6, 6.07) is 0. The molecule has 0 spiro atoms. The van der Waals surface area contributed by atoms with Crippen LogP contribution in [0.4, 0.5) is 52.7 Å². The number of halogens is 12. The van der Waals surface area contributed by atoms with E-state index in [1.807, 2.05) is 0 Å². The maximum Gasteiger partial charge on any atom is 0.423 e. The smallest absolute Gasteiger partial charge is 0.377 e. The molecule has 5 nitrogen and oxygen atoms in total. The highest BCUT2D eigenvalue weighted by atomic mass is 32.2. The molecule has 0 aromatic rings. The van der Waals surface area contributed by atoms with Gasteiger partial charge in [0.1, 0.15) is 0 Å². The Labute approximate surface area is 126 Å². The second kappa shape index (κ2) is 9.59. The van der Waals surface area contributed by atoms with Crippen LogP contribution in [0.5, 0.6) is 0 Å². The van der Waals surface area contributed by atoms with E-state index in [2.05, 4.69) is 0 Å². The second-order valence-electron chi connectivity index (χ2n) is 3.20. The highest BCUT2D eigenvalue weighted by molar-refractivity contribution is 7.73. The third kappa shape index (κ3) is 16.0. The molecule has 0 aliphatic heterocycles. The first-order valence-electron chi connectivity index (χ1n) is 4.47. The van der Waals surface area contributed by atoms with Crippen molar-refractivity contribution in [2.75, 3.05) is 0 Å². The van der Waals surface area contributed by atoms with Gasteiger partial charge in [-0.25, -0.2) is 0 Å². The lowest BCUT2D eigenvalue weighted by molar-refractivity contribution is -0.309. The summed E-state index contributed by atoms with van der Waals surface area (Å²) in [6.45, 7) is 0. The molecule has 0 rings (SSSR count). The van der Waals surface area contributed by atoms with Crippen LogP contribution in [0.15, 0.2) is 0 Å². The number of rotatable bonds is 0. The number of hydrogen-bond donors (Lipinski definition) is 4. The number of aliphatic hydroxyl groups excluding tert-OH is 2. The zero-order chi connectivity index (χ0) is 20.7. The van der Waals surface area contributed by atoms with E-state index in [0.29, 0.717) is 0 Å². The molecule has 0 amide bonds. The van der Waals surface area contributed by atoms with Crippen LogP contribution in [0, 0.1) is 0 Å². The van der Waals surface area contributed by atoms with Crippen LogP contribution in [-0.4, -0.2) is 60.4 Å². The minimum atomic E-state index is -5.63. The molecule has 0 aliphatic carbocycles. The van der Waals surface area contributed by atoms with Gasteiger partial charge in [-0.2, -0.15) is 56.9 Å². The number of aliphatic hydroxyl groups is 2. The van der Waals surface area contributed by atoms with Crippen molar-refractivity contribution in [2.24, 2.45) is 0 Å². The lowest BCUT2D eigenvalue weighted by Gasteiger charge is -2.16. The largest absolute Gasteiger partial charge is 0.423 e. The van der Waals surface area contributed by atoms with E-state index >= 15 is 0 Å². The van der Waals surface area contributed by atoms with Gasteiger partial charge in [0.15, 0.2) is 0 Å². The fourth-order valence-electron chi connectivity index (χ4n) is 0.371. The van der Waals surface area contributed by atoms with E-state index in [1.54, 1.807) is 0 Å². The lowest BCUT2D eigenvalue weighted by atomic mass is 10.3. The van der Waals surface area contributed by atoms with E-state index in [0.717, 1.165) is 0 Å².